The highest BCUT2D eigenvalue weighted by Gasteiger charge is 2.14. The molecule has 3 nitrogen and oxygen atoms in total. The van der Waals surface area contributed by atoms with Crippen LogP contribution in [0.2, 0.25) is 0 Å². The Bertz CT molecular complexity index is 510. The maximum absolute atomic E-state index is 13.8. The molecule has 0 amide bonds. The third kappa shape index (κ3) is 1.74. The summed E-state index contributed by atoms with van der Waals surface area (Å²) in [6.45, 7) is 1.69. The zero-order valence-corrected chi connectivity index (χ0v) is 9.51. The minimum absolute atomic E-state index is 0.117. The van der Waals surface area contributed by atoms with Crippen LogP contribution in [0.25, 0.3) is 11.1 Å². The second-order valence-electron chi connectivity index (χ2n) is 3.19. The molecule has 1 heterocycles. The van der Waals surface area contributed by atoms with E-state index in [0.717, 1.165) is 4.47 Å². The first-order valence-corrected chi connectivity index (χ1v) is 5.05. The van der Waals surface area contributed by atoms with Crippen molar-refractivity contribution in [2.24, 2.45) is 0 Å². The van der Waals surface area contributed by atoms with Crippen LogP contribution in [0, 0.1) is 12.7 Å². The summed E-state index contributed by atoms with van der Waals surface area (Å²) < 4.78 is 19.3. The van der Waals surface area contributed by atoms with Crippen molar-refractivity contribution in [2.45, 2.75) is 6.92 Å². The van der Waals surface area contributed by atoms with Gasteiger partial charge in [0.05, 0.1) is 11.8 Å². The van der Waals surface area contributed by atoms with Crippen LogP contribution < -0.4 is 5.73 Å². The Morgan fingerprint density at radius 1 is 1.40 bits per heavy atom. The Morgan fingerprint density at radius 2 is 2.13 bits per heavy atom. The van der Waals surface area contributed by atoms with E-state index in [1.807, 2.05) is 0 Å². The van der Waals surface area contributed by atoms with Crippen LogP contribution in [-0.2, 0) is 0 Å². The van der Waals surface area contributed by atoms with E-state index in [1.54, 1.807) is 19.1 Å². The first-order valence-electron chi connectivity index (χ1n) is 4.25. The summed E-state index contributed by atoms with van der Waals surface area (Å²) in [4.78, 5) is 0. The molecule has 5 heteroatoms. The average Bonchev–Trinajstić information content (AvgIpc) is 2.58. The fourth-order valence-electron chi connectivity index (χ4n) is 1.37. The number of aromatic nitrogens is 1. The number of aryl methyl sites for hydroxylation is 1. The molecule has 2 aromatic rings. The molecule has 2 N–H and O–H groups in total. The highest BCUT2D eigenvalue weighted by Crippen LogP contribution is 2.31. The number of anilines is 1. The van der Waals surface area contributed by atoms with Crippen molar-refractivity contribution < 1.29 is 8.91 Å². The van der Waals surface area contributed by atoms with E-state index in [9.17, 15) is 4.39 Å². The van der Waals surface area contributed by atoms with Crippen molar-refractivity contribution in [3.8, 4) is 11.1 Å². The van der Waals surface area contributed by atoms with Gasteiger partial charge in [0.25, 0.3) is 0 Å². The molecule has 2 rings (SSSR count). The normalized spacial score (nSPS) is 10.6. The number of nitrogen functional groups attached to an aromatic ring is 1. The lowest BCUT2D eigenvalue weighted by Crippen LogP contribution is -1.91. The van der Waals surface area contributed by atoms with Gasteiger partial charge in [-0.1, -0.05) is 21.1 Å². The lowest BCUT2D eigenvalue weighted by Gasteiger charge is -2.04. The Hall–Kier alpha value is -1.36. The quantitative estimate of drug-likeness (QED) is 0.866. The van der Waals surface area contributed by atoms with Crippen LogP contribution in [0.3, 0.4) is 0 Å². The van der Waals surface area contributed by atoms with Crippen LogP contribution in [-0.4, -0.2) is 5.16 Å². The van der Waals surface area contributed by atoms with Gasteiger partial charge in [-0.3, -0.25) is 0 Å². The fraction of sp³-hybridized carbons (Fsp3) is 0.100. The van der Waals surface area contributed by atoms with Crippen molar-refractivity contribution in [1.29, 1.82) is 0 Å². The molecule has 0 unspecified atom stereocenters. The number of halogens is 2. The minimum atomic E-state index is -0.312. The molecule has 78 valence electrons. The molecule has 1 aromatic heterocycles. The summed E-state index contributed by atoms with van der Waals surface area (Å²) in [6.07, 6.45) is 1.40. The van der Waals surface area contributed by atoms with Crippen molar-refractivity contribution in [2.75, 3.05) is 5.73 Å². The van der Waals surface area contributed by atoms with Crippen molar-refractivity contribution >= 4 is 21.8 Å². The van der Waals surface area contributed by atoms with Crippen molar-refractivity contribution in [3.05, 3.63) is 34.2 Å². The zero-order valence-electron chi connectivity index (χ0n) is 7.92. The molecule has 0 aliphatic heterocycles. The van der Waals surface area contributed by atoms with Crippen LogP contribution >= 0.6 is 15.9 Å². The van der Waals surface area contributed by atoms with E-state index < -0.39 is 0 Å². The van der Waals surface area contributed by atoms with Gasteiger partial charge in [0.1, 0.15) is 5.82 Å². The monoisotopic (exact) mass is 270 g/mol. The van der Waals surface area contributed by atoms with Gasteiger partial charge in [-0.25, -0.2) is 4.39 Å². The molecular weight excluding hydrogens is 263 g/mol. The molecule has 0 atom stereocenters. The van der Waals surface area contributed by atoms with E-state index in [2.05, 4.69) is 21.1 Å². The third-order valence-corrected chi connectivity index (χ3v) is 2.57. The predicted molar refractivity (Wildman–Crippen MR) is 58.7 cm³/mol. The van der Waals surface area contributed by atoms with Crippen LogP contribution in [0.4, 0.5) is 10.3 Å². The van der Waals surface area contributed by atoms with Gasteiger partial charge in [-0.15, -0.1) is 0 Å². The average molecular weight is 271 g/mol. The molecule has 0 radical (unpaired) electrons. The SMILES string of the molecule is Cc1cc(Br)cc(-c2cnoc2N)c1F. The van der Waals surface area contributed by atoms with Gasteiger partial charge in [0, 0.05) is 10.0 Å². The highest BCUT2D eigenvalue weighted by atomic mass is 79.9. The van der Waals surface area contributed by atoms with Crippen LogP contribution in [0.5, 0.6) is 0 Å². The fourth-order valence-corrected chi connectivity index (χ4v) is 1.94. The number of nitrogens with two attached hydrogens (primary N) is 1. The van der Waals surface area contributed by atoms with E-state index in [1.165, 1.54) is 6.20 Å². The Labute approximate surface area is 94.2 Å². The number of nitrogens with zero attached hydrogens (tertiary/aromatic N) is 1. The Balaban J connectivity index is 2.68. The molecule has 0 bridgehead atoms. The summed E-state index contributed by atoms with van der Waals surface area (Å²) in [5, 5.41) is 3.52. The number of benzene rings is 1. The molecule has 0 saturated heterocycles. The molecule has 0 saturated carbocycles. The molecule has 0 spiro atoms. The zero-order chi connectivity index (χ0) is 11.0. The van der Waals surface area contributed by atoms with Gasteiger partial charge >= 0.3 is 0 Å². The maximum atomic E-state index is 13.8. The Kier molecular flexibility index (Phi) is 2.48. The maximum Gasteiger partial charge on any atom is 0.230 e. The lowest BCUT2D eigenvalue weighted by atomic mass is 10.1. The minimum Gasteiger partial charge on any atom is -0.367 e. The molecular formula is C10H8BrFN2O. The highest BCUT2D eigenvalue weighted by molar-refractivity contribution is 9.10. The van der Waals surface area contributed by atoms with E-state index >= 15 is 0 Å². The first-order chi connectivity index (χ1) is 7.09. The second-order valence-corrected chi connectivity index (χ2v) is 4.10. The molecule has 0 fully saturated rings. The smallest absolute Gasteiger partial charge is 0.230 e. The topological polar surface area (TPSA) is 52.0 Å². The second kappa shape index (κ2) is 3.66. The Morgan fingerprint density at radius 3 is 2.73 bits per heavy atom. The van der Waals surface area contributed by atoms with E-state index in [4.69, 9.17) is 10.3 Å². The number of hydrogen-bond donors (Lipinski definition) is 1. The third-order valence-electron chi connectivity index (χ3n) is 2.11. The molecule has 0 aliphatic rings. The summed E-state index contributed by atoms with van der Waals surface area (Å²) in [6, 6.07) is 3.34. The summed E-state index contributed by atoms with van der Waals surface area (Å²) in [7, 11) is 0. The predicted octanol–water partition coefficient (Wildman–Crippen LogP) is 3.13. The van der Waals surface area contributed by atoms with Gasteiger partial charge in [-0.2, -0.15) is 0 Å². The summed E-state index contributed by atoms with van der Waals surface area (Å²) in [5.74, 6) is -0.195. The molecule has 0 aliphatic carbocycles. The van der Waals surface area contributed by atoms with Gasteiger partial charge in [0.2, 0.25) is 5.88 Å². The van der Waals surface area contributed by atoms with Crippen molar-refractivity contribution in [3.63, 3.8) is 0 Å². The summed E-state index contributed by atoms with van der Waals surface area (Å²) >= 11 is 3.30. The number of rotatable bonds is 1. The largest absolute Gasteiger partial charge is 0.367 e. The first kappa shape index (κ1) is 10.2. The number of hydrogen-bond acceptors (Lipinski definition) is 3. The van der Waals surface area contributed by atoms with Crippen LogP contribution in [0.15, 0.2) is 27.3 Å². The van der Waals surface area contributed by atoms with E-state index in [-0.39, 0.29) is 11.7 Å². The van der Waals surface area contributed by atoms with Crippen LogP contribution in [0.1, 0.15) is 5.56 Å². The lowest BCUT2D eigenvalue weighted by molar-refractivity contribution is 0.436. The van der Waals surface area contributed by atoms with Gasteiger partial charge in [-0.05, 0) is 24.6 Å². The van der Waals surface area contributed by atoms with Gasteiger partial charge < -0.3 is 10.3 Å². The van der Waals surface area contributed by atoms with Gasteiger partial charge in [0.15, 0.2) is 0 Å². The van der Waals surface area contributed by atoms with E-state index in [0.29, 0.717) is 16.7 Å². The molecule has 15 heavy (non-hydrogen) atoms. The summed E-state index contributed by atoms with van der Waals surface area (Å²) in [5.41, 5.74) is 6.93. The molecule has 1 aromatic carbocycles. The van der Waals surface area contributed by atoms with Crippen molar-refractivity contribution in [1.82, 2.24) is 5.16 Å². The standard InChI is InChI=1S/C10H8BrFN2O/c1-5-2-6(11)3-7(9(5)12)8-4-14-15-10(8)13/h2-4H,13H2,1H3.